The van der Waals surface area contributed by atoms with Crippen LogP contribution in [0, 0.1) is 17.2 Å². The van der Waals surface area contributed by atoms with Gasteiger partial charge in [-0.25, -0.2) is 0 Å². The molecule has 2 amide bonds. The zero-order chi connectivity index (χ0) is 25.6. The van der Waals surface area contributed by atoms with Gasteiger partial charge in [-0.05, 0) is 59.4 Å². The Morgan fingerprint density at radius 2 is 1.46 bits per heavy atom. The molecule has 4 heteroatoms. The molecule has 1 aliphatic heterocycles. The summed E-state index contributed by atoms with van der Waals surface area (Å²) in [6, 6.07) is 36.6. The molecule has 4 nitrogen and oxygen atoms in total. The van der Waals surface area contributed by atoms with E-state index in [-0.39, 0.29) is 23.8 Å². The number of imide groups is 1. The molecule has 0 N–H and O–H groups in total. The molecule has 2 atom stereocenters. The monoisotopic (exact) mass is 482 g/mol. The van der Waals surface area contributed by atoms with E-state index in [0.717, 1.165) is 23.1 Å². The summed E-state index contributed by atoms with van der Waals surface area (Å²) in [6.07, 6.45) is 5.15. The summed E-state index contributed by atoms with van der Waals surface area (Å²) in [5.41, 5.74) is 5.28. The molecule has 5 rings (SSSR count). The van der Waals surface area contributed by atoms with E-state index in [1.807, 2.05) is 84.9 Å². The van der Waals surface area contributed by atoms with E-state index in [1.165, 1.54) is 10.5 Å². The topological polar surface area (TPSA) is 61.2 Å². The highest BCUT2D eigenvalue weighted by Crippen LogP contribution is 2.33. The third-order valence-corrected chi connectivity index (χ3v) is 6.73. The van der Waals surface area contributed by atoms with E-state index in [0.29, 0.717) is 17.5 Å². The average Bonchev–Trinajstić information content (AvgIpc) is 2.95. The highest BCUT2D eigenvalue weighted by Gasteiger charge is 2.49. The molecule has 1 fully saturated rings. The Morgan fingerprint density at radius 1 is 0.811 bits per heavy atom. The molecule has 0 radical (unpaired) electrons. The van der Waals surface area contributed by atoms with E-state index in [9.17, 15) is 14.9 Å². The second-order valence-corrected chi connectivity index (χ2v) is 9.26. The third-order valence-electron chi connectivity index (χ3n) is 6.73. The summed E-state index contributed by atoms with van der Waals surface area (Å²) in [7, 11) is 0. The summed E-state index contributed by atoms with van der Waals surface area (Å²) in [5, 5.41) is 9.24. The molecule has 0 aliphatic carbocycles. The van der Waals surface area contributed by atoms with Gasteiger partial charge in [0.05, 0.1) is 23.6 Å². The van der Waals surface area contributed by atoms with Gasteiger partial charge in [0.2, 0.25) is 5.91 Å². The summed E-state index contributed by atoms with van der Waals surface area (Å²) in [6.45, 7) is 0. The number of carbonyl (C=O) groups excluding carboxylic acids is 2. The van der Waals surface area contributed by atoms with Gasteiger partial charge in [0.15, 0.2) is 0 Å². The first kappa shape index (κ1) is 24.0. The Morgan fingerprint density at radius 3 is 2.16 bits per heavy atom. The van der Waals surface area contributed by atoms with Crippen molar-refractivity contribution in [2.24, 2.45) is 5.92 Å². The molecule has 0 bridgehead atoms. The average molecular weight is 483 g/mol. The van der Waals surface area contributed by atoms with E-state index in [4.69, 9.17) is 0 Å². The van der Waals surface area contributed by atoms with Gasteiger partial charge >= 0.3 is 0 Å². The lowest BCUT2D eigenvalue weighted by Gasteiger charge is -2.44. The first-order valence-electron chi connectivity index (χ1n) is 12.3. The van der Waals surface area contributed by atoms with Gasteiger partial charge in [-0.15, -0.1) is 0 Å². The van der Waals surface area contributed by atoms with Crippen molar-refractivity contribution in [3.8, 4) is 6.07 Å². The Kier molecular flexibility index (Phi) is 7.05. The Labute approximate surface area is 217 Å². The van der Waals surface area contributed by atoms with Gasteiger partial charge in [0.25, 0.3) is 5.91 Å². The smallest absolute Gasteiger partial charge is 0.261 e. The van der Waals surface area contributed by atoms with Gasteiger partial charge < -0.3 is 0 Å². The maximum atomic E-state index is 13.5. The van der Waals surface area contributed by atoms with Crippen LogP contribution in [0.4, 0.5) is 0 Å². The molecule has 1 saturated heterocycles. The van der Waals surface area contributed by atoms with Crippen LogP contribution in [-0.4, -0.2) is 22.8 Å². The fraction of sp³-hybridized carbons (Fsp3) is 0.121. The number of rotatable bonds is 7. The highest BCUT2D eigenvalue weighted by atomic mass is 16.2. The Balaban J connectivity index is 1.37. The minimum absolute atomic E-state index is 0.191. The predicted octanol–water partition coefficient (Wildman–Crippen LogP) is 6.07. The quantitative estimate of drug-likeness (QED) is 0.237. The van der Waals surface area contributed by atoms with Crippen LogP contribution in [0.5, 0.6) is 0 Å². The number of likely N-dealkylation sites (tertiary alicyclic amines) is 1. The lowest BCUT2D eigenvalue weighted by molar-refractivity contribution is -0.147. The zero-order valence-corrected chi connectivity index (χ0v) is 20.3. The third kappa shape index (κ3) is 5.42. The molecule has 180 valence electrons. The number of nitriles is 1. The normalized spacial score (nSPS) is 16.8. The van der Waals surface area contributed by atoms with Crippen LogP contribution in [0.2, 0.25) is 0 Å². The van der Waals surface area contributed by atoms with Gasteiger partial charge in [0.1, 0.15) is 0 Å². The maximum Gasteiger partial charge on any atom is 0.261 e. The Hall–Kier alpha value is -4.75. The number of hydrogen-bond acceptors (Lipinski definition) is 3. The molecule has 0 aromatic heterocycles. The van der Waals surface area contributed by atoms with Crippen molar-refractivity contribution in [3.05, 3.63) is 149 Å². The molecule has 0 spiro atoms. The SMILES string of the molecule is N#Cc1cccc(C[C@H]2C(=O)N(C(=O)c3ccc(Cc4ccccc4)cc3)[C@@H]2/C=C/c2ccccc2)c1. The van der Waals surface area contributed by atoms with Gasteiger partial charge in [0, 0.05) is 5.56 Å². The molecule has 1 heterocycles. The number of benzene rings is 4. The number of hydrogen-bond donors (Lipinski definition) is 0. The fourth-order valence-corrected chi connectivity index (χ4v) is 4.76. The van der Waals surface area contributed by atoms with Crippen molar-refractivity contribution < 1.29 is 9.59 Å². The predicted molar refractivity (Wildman–Crippen MR) is 144 cm³/mol. The number of amides is 2. The van der Waals surface area contributed by atoms with Gasteiger partial charge in [-0.3, -0.25) is 14.5 Å². The highest BCUT2D eigenvalue weighted by molar-refractivity contribution is 6.09. The summed E-state index contributed by atoms with van der Waals surface area (Å²) >= 11 is 0. The van der Waals surface area contributed by atoms with Crippen LogP contribution in [0.3, 0.4) is 0 Å². The molecule has 1 aliphatic rings. The first-order valence-corrected chi connectivity index (χ1v) is 12.3. The molecular weight excluding hydrogens is 456 g/mol. The largest absolute Gasteiger partial charge is 0.274 e. The van der Waals surface area contributed by atoms with Gasteiger partial charge in [-0.2, -0.15) is 5.26 Å². The van der Waals surface area contributed by atoms with E-state index in [2.05, 4.69) is 18.2 Å². The second-order valence-electron chi connectivity index (χ2n) is 9.26. The standard InChI is InChI=1S/C33H26N2O2/c34-23-28-13-7-12-27(21-28)22-30-31(19-16-24-8-3-1-4-9-24)35(33(30)37)32(36)29-17-14-26(15-18-29)20-25-10-5-2-6-11-25/h1-19,21,30-31H,20,22H2/b19-16+/t30-,31-/m1/s1. The van der Waals surface area contributed by atoms with Crippen LogP contribution >= 0.6 is 0 Å². The van der Waals surface area contributed by atoms with E-state index >= 15 is 0 Å². The van der Waals surface area contributed by atoms with Crippen molar-refractivity contribution in [2.45, 2.75) is 18.9 Å². The molecule has 4 aromatic carbocycles. The summed E-state index contributed by atoms with van der Waals surface area (Å²) in [4.78, 5) is 28.1. The minimum Gasteiger partial charge on any atom is -0.274 e. The van der Waals surface area contributed by atoms with Crippen molar-refractivity contribution in [2.75, 3.05) is 0 Å². The van der Waals surface area contributed by atoms with Crippen molar-refractivity contribution in [1.82, 2.24) is 4.90 Å². The minimum atomic E-state index is -0.366. The van der Waals surface area contributed by atoms with Crippen LogP contribution in [0.15, 0.2) is 115 Å². The van der Waals surface area contributed by atoms with E-state index in [1.54, 1.807) is 24.3 Å². The lowest BCUT2D eigenvalue weighted by atomic mass is 9.81. The molecule has 4 aromatic rings. The lowest BCUT2D eigenvalue weighted by Crippen LogP contribution is -2.62. The number of carbonyl (C=O) groups is 2. The van der Waals surface area contributed by atoms with Gasteiger partial charge in [-0.1, -0.05) is 97.1 Å². The first-order chi connectivity index (χ1) is 18.1. The van der Waals surface area contributed by atoms with Crippen LogP contribution < -0.4 is 0 Å². The molecule has 0 unspecified atom stereocenters. The summed E-state index contributed by atoms with van der Waals surface area (Å²) in [5.74, 6) is -0.848. The zero-order valence-electron chi connectivity index (χ0n) is 20.3. The second kappa shape index (κ2) is 10.9. The number of nitrogens with zero attached hydrogens (tertiary/aromatic N) is 2. The molecule has 0 saturated carbocycles. The molecule has 37 heavy (non-hydrogen) atoms. The fourth-order valence-electron chi connectivity index (χ4n) is 4.76. The van der Waals surface area contributed by atoms with Crippen molar-refractivity contribution in [3.63, 3.8) is 0 Å². The summed E-state index contributed by atoms with van der Waals surface area (Å²) < 4.78 is 0. The maximum absolute atomic E-state index is 13.5. The Bertz CT molecular complexity index is 1470. The van der Waals surface area contributed by atoms with Crippen LogP contribution in [-0.2, 0) is 17.6 Å². The van der Waals surface area contributed by atoms with Crippen LogP contribution in [0.1, 0.15) is 38.2 Å². The van der Waals surface area contributed by atoms with Crippen LogP contribution in [0.25, 0.3) is 6.08 Å². The number of β-lactam (4-membered cyclic amide) rings is 1. The van der Waals surface area contributed by atoms with Crippen molar-refractivity contribution >= 4 is 17.9 Å². The van der Waals surface area contributed by atoms with Crippen molar-refractivity contribution in [1.29, 1.82) is 5.26 Å². The molecular formula is C33H26N2O2. The van der Waals surface area contributed by atoms with E-state index < -0.39 is 0 Å².